The average Bonchev–Trinajstić information content (AvgIpc) is 2.72. The van der Waals surface area contributed by atoms with Crippen LogP contribution in [0.1, 0.15) is 11.3 Å². The van der Waals surface area contributed by atoms with E-state index in [9.17, 15) is 0 Å². The standard InChI is InChI=1S/C11H15N5/c1-16-8-10(6-15-16)2-4-12-7-11-3-5-13-9-14-11/h3,5-6,8-9,12H,2,4,7H2,1H3. The van der Waals surface area contributed by atoms with E-state index in [-0.39, 0.29) is 0 Å². The Labute approximate surface area is 94.5 Å². The third kappa shape index (κ3) is 3.13. The average molecular weight is 217 g/mol. The van der Waals surface area contributed by atoms with Crippen molar-refractivity contribution in [3.63, 3.8) is 0 Å². The minimum absolute atomic E-state index is 0.781. The lowest BCUT2D eigenvalue weighted by molar-refractivity contribution is 0.672. The van der Waals surface area contributed by atoms with Gasteiger partial charge in [0.2, 0.25) is 0 Å². The Bertz CT molecular complexity index is 423. The number of hydrogen-bond donors (Lipinski definition) is 1. The van der Waals surface area contributed by atoms with E-state index in [1.807, 2.05) is 30.2 Å². The largest absolute Gasteiger partial charge is 0.311 e. The van der Waals surface area contributed by atoms with Gasteiger partial charge >= 0.3 is 0 Å². The zero-order valence-corrected chi connectivity index (χ0v) is 9.30. The molecule has 1 N–H and O–H groups in total. The molecule has 2 rings (SSSR count). The van der Waals surface area contributed by atoms with Crippen molar-refractivity contribution in [2.45, 2.75) is 13.0 Å². The van der Waals surface area contributed by atoms with E-state index in [0.717, 1.165) is 25.2 Å². The Hall–Kier alpha value is -1.75. The smallest absolute Gasteiger partial charge is 0.115 e. The summed E-state index contributed by atoms with van der Waals surface area (Å²) in [6.07, 6.45) is 8.24. The Morgan fingerprint density at radius 2 is 2.38 bits per heavy atom. The molecule has 16 heavy (non-hydrogen) atoms. The highest BCUT2D eigenvalue weighted by Crippen LogP contribution is 1.96. The Morgan fingerprint density at radius 1 is 1.44 bits per heavy atom. The minimum atomic E-state index is 0.781. The van der Waals surface area contributed by atoms with Gasteiger partial charge in [-0.2, -0.15) is 5.10 Å². The third-order valence-electron chi connectivity index (χ3n) is 2.30. The van der Waals surface area contributed by atoms with Gasteiger partial charge in [-0.3, -0.25) is 4.68 Å². The van der Waals surface area contributed by atoms with Crippen molar-refractivity contribution in [2.24, 2.45) is 7.05 Å². The van der Waals surface area contributed by atoms with Crippen LogP contribution in [0, 0.1) is 0 Å². The molecule has 0 amide bonds. The zero-order valence-electron chi connectivity index (χ0n) is 9.30. The Kier molecular flexibility index (Phi) is 3.61. The number of hydrogen-bond acceptors (Lipinski definition) is 4. The molecule has 0 saturated carbocycles. The van der Waals surface area contributed by atoms with Crippen LogP contribution in [0.2, 0.25) is 0 Å². The number of aryl methyl sites for hydroxylation is 1. The maximum absolute atomic E-state index is 4.14. The van der Waals surface area contributed by atoms with Crippen LogP contribution in [0.5, 0.6) is 0 Å². The molecule has 0 spiro atoms. The van der Waals surface area contributed by atoms with Crippen LogP contribution in [0.3, 0.4) is 0 Å². The topological polar surface area (TPSA) is 55.6 Å². The van der Waals surface area contributed by atoms with Gasteiger partial charge in [0.1, 0.15) is 6.33 Å². The van der Waals surface area contributed by atoms with Crippen molar-refractivity contribution < 1.29 is 0 Å². The van der Waals surface area contributed by atoms with Gasteiger partial charge in [-0.15, -0.1) is 0 Å². The summed E-state index contributed by atoms with van der Waals surface area (Å²) < 4.78 is 1.82. The van der Waals surface area contributed by atoms with Crippen molar-refractivity contribution in [1.82, 2.24) is 25.1 Å². The molecule has 5 heteroatoms. The maximum atomic E-state index is 4.14. The van der Waals surface area contributed by atoms with Crippen LogP contribution in [0.15, 0.2) is 31.0 Å². The predicted octanol–water partition coefficient (Wildman–Crippen LogP) is 0.542. The highest BCUT2D eigenvalue weighted by atomic mass is 15.2. The molecule has 0 radical (unpaired) electrons. The first-order chi connectivity index (χ1) is 7.84. The molecule has 0 aliphatic carbocycles. The lowest BCUT2D eigenvalue weighted by atomic mass is 10.2. The van der Waals surface area contributed by atoms with Crippen molar-refractivity contribution in [1.29, 1.82) is 0 Å². The quantitative estimate of drug-likeness (QED) is 0.743. The lowest BCUT2D eigenvalue weighted by Gasteiger charge is -2.02. The predicted molar refractivity (Wildman–Crippen MR) is 60.7 cm³/mol. The van der Waals surface area contributed by atoms with Crippen molar-refractivity contribution in [3.8, 4) is 0 Å². The summed E-state index contributed by atoms with van der Waals surface area (Å²) in [6, 6.07) is 1.91. The summed E-state index contributed by atoms with van der Waals surface area (Å²) in [6.45, 7) is 1.71. The van der Waals surface area contributed by atoms with E-state index in [2.05, 4.69) is 20.4 Å². The molecule has 0 bridgehead atoms. The first-order valence-corrected chi connectivity index (χ1v) is 5.28. The molecule has 0 fully saturated rings. The fourth-order valence-corrected chi connectivity index (χ4v) is 1.47. The van der Waals surface area contributed by atoms with Gasteiger partial charge < -0.3 is 5.32 Å². The summed E-state index contributed by atoms with van der Waals surface area (Å²) in [4.78, 5) is 8.01. The second-order valence-corrected chi connectivity index (χ2v) is 3.65. The Morgan fingerprint density at radius 3 is 3.06 bits per heavy atom. The first-order valence-electron chi connectivity index (χ1n) is 5.28. The third-order valence-corrected chi connectivity index (χ3v) is 2.30. The van der Waals surface area contributed by atoms with Gasteiger partial charge in [-0.25, -0.2) is 9.97 Å². The molecule has 0 aromatic carbocycles. The first kappa shape index (κ1) is 10.8. The summed E-state index contributed by atoms with van der Waals surface area (Å²) in [5.41, 5.74) is 2.26. The molecular weight excluding hydrogens is 202 g/mol. The second kappa shape index (κ2) is 5.37. The highest BCUT2D eigenvalue weighted by molar-refractivity contribution is 5.04. The maximum Gasteiger partial charge on any atom is 0.115 e. The Balaban J connectivity index is 1.69. The molecule has 5 nitrogen and oxygen atoms in total. The zero-order chi connectivity index (χ0) is 11.2. The van der Waals surface area contributed by atoms with Gasteiger partial charge in [-0.1, -0.05) is 0 Å². The number of nitrogens with one attached hydrogen (secondary N) is 1. The molecule has 0 unspecified atom stereocenters. The van der Waals surface area contributed by atoms with Crippen LogP contribution in [0.25, 0.3) is 0 Å². The second-order valence-electron chi connectivity index (χ2n) is 3.65. The molecule has 84 valence electrons. The van der Waals surface area contributed by atoms with Crippen molar-refractivity contribution >= 4 is 0 Å². The molecule has 0 aliphatic heterocycles. The number of rotatable bonds is 5. The van der Waals surface area contributed by atoms with Crippen molar-refractivity contribution in [2.75, 3.05) is 6.54 Å². The van der Waals surface area contributed by atoms with E-state index in [4.69, 9.17) is 0 Å². The van der Waals surface area contributed by atoms with Gasteiger partial charge in [0.15, 0.2) is 0 Å². The van der Waals surface area contributed by atoms with Crippen LogP contribution in [-0.2, 0) is 20.0 Å². The van der Waals surface area contributed by atoms with Crippen LogP contribution in [-0.4, -0.2) is 26.3 Å². The summed E-state index contributed by atoms with van der Waals surface area (Å²) in [5, 5.41) is 7.45. The SMILES string of the molecule is Cn1cc(CCNCc2ccncn2)cn1. The van der Waals surface area contributed by atoms with Crippen LogP contribution >= 0.6 is 0 Å². The summed E-state index contributed by atoms with van der Waals surface area (Å²) in [7, 11) is 1.93. The summed E-state index contributed by atoms with van der Waals surface area (Å²) >= 11 is 0. The van der Waals surface area contributed by atoms with E-state index in [0.29, 0.717) is 0 Å². The fourth-order valence-electron chi connectivity index (χ4n) is 1.47. The molecule has 2 aromatic rings. The van der Waals surface area contributed by atoms with Crippen LogP contribution < -0.4 is 5.32 Å². The van der Waals surface area contributed by atoms with Crippen LogP contribution in [0.4, 0.5) is 0 Å². The molecule has 0 saturated heterocycles. The molecule has 2 aromatic heterocycles. The highest BCUT2D eigenvalue weighted by Gasteiger charge is 1.96. The fraction of sp³-hybridized carbons (Fsp3) is 0.364. The van der Waals surface area contributed by atoms with E-state index in [1.54, 1.807) is 12.5 Å². The van der Waals surface area contributed by atoms with Crippen molar-refractivity contribution in [3.05, 3.63) is 42.2 Å². The van der Waals surface area contributed by atoms with E-state index >= 15 is 0 Å². The van der Waals surface area contributed by atoms with Gasteiger partial charge in [0.05, 0.1) is 11.9 Å². The van der Waals surface area contributed by atoms with Gasteiger partial charge in [-0.05, 0) is 24.6 Å². The number of nitrogens with zero attached hydrogens (tertiary/aromatic N) is 4. The summed E-state index contributed by atoms with van der Waals surface area (Å²) in [5.74, 6) is 0. The van der Waals surface area contributed by atoms with Gasteiger partial charge in [0, 0.05) is 26.0 Å². The molecule has 2 heterocycles. The molecular formula is C11H15N5. The van der Waals surface area contributed by atoms with E-state index in [1.165, 1.54) is 5.56 Å². The lowest BCUT2D eigenvalue weighted by Crippen LogP contribution is -2.17. The van der Waals surface area contributed by atoms with Gasteiger partial charge in [0.25, 0.3) is 0 Å². The monoisotopic (exact) mass is 217 g/mol. The number of aromatic nitrogens is 4. The minimum Gasteiger partial charge on any atom is -0.311 e. The molecule has 0 aliphatic rings. The van der Waals surface area contributed by atoms with E-state index < -0.39 is 0 Å². The molecule has 0 atom stereocenters. The normalized spacial score (nSPS) is 10.6.